The lowest BCUT2D eigenvalue weighted by molar-refractivity contribution is -0.134. The summed E-state index contributed by atoms with van der Waals surface area (Å²) >= 11 is 0. The van der Waals surface area contributed by atoms with Crippen LogP contribution in [-0.2, 0) is 4.79 Å². The SMILES string of the molecule is CCC(C(=O)N1CCC(NC(=O)c2cccc(C(=O)O)c2)CC1)c1ccccc1. The number of rotatable bonds is 6. The van der Waals surface area contributed by atoms with Crippen LogP contribution in [0.25, 0.3) is 0 Å². The van der Waals surface area contributed by atoms with E-state index < -0.39 is 5.97 Å². The van der Waals surface area contributed by atoms with E-state index in [1.54, 1.807) is 12.1 Å². The average Bonchev–Trinajstić information content (AvgIpc) is 2.75. The molecule has 6 nitrogen and oxygen atoms in total. The molecule has 1 aliphatic heterocycles. The van der Waals surface area contributed by atoms with Gasteiger partial charge in [-0.2, -0.15) is 0 Å². The van der Waals surface area contributed by atoms with Gasteiger partial charge in [-0.05, 0) is 43.0 Å². The predicted molar refractivity (Wildman–Crippen MR) is 110 cm³/mol. The van der Waals surface area contributed by atoms with Gasteiger partial charge in [-0.1, -0.05) is 43.3 Å². The third-order valence-corrected chi connectivity index (χ3v) is 5.42. The summed E-state index contributed by atoms with van der Waals surface area (Å²) in [7, 11) is 0. The maximum absolute atomic E-state index is 13.0. The smallest absolute Gasteiger partial charge is 0.335 e. The van der Waals surface area contributed by atoms with Crippen molar-refractivity contribution < 1.29 is 19.5 Å². The van der Waals surface area contributed by atoms with Crippen molar-refractivity contribution in [2.45, 2.75) is 38.1 Å². The van der Waals surface area contributed by atoms with Gasteiger partial charge in [0.2, 0.25) is 5.91 Å². The average molecular weight is 394 g/mol. The molecular weight excluding hydrogens is 368 g/mol. The molecule has 2 aromatic carbocycles. The molecule has 0 radical (unpaired) electrons. The molecule has 1 aliphatic rings. The van der Waals surface area contributed by atoms with Crippen LogP contribution in [0.3, 0.4) is 0 Å². The van der Waals surface area contributed by atoms with E-state index in [0.717, 1.165) is 12.0 Å². The molecule has 3 rings (SSSR count). The number of nitrogens with one attached hydrogen (secondary N) is 1. The van der Waals surface area contributed by atoms with Crippen LogP contribution in [0.5, 0.6) is 0 Å². The van der Waals surface area contributed by atoms with E-state index in [4.69, 9.17) is 5.11 Å². The first kappa shape index (κ1) is 20.6. The van der Waals surface area contributed by atoms with Crippen molar-refractivity contribution in [2.75, 3.05) is 13.1 Å². The van der Waals surface area contributed by atoms with Crippen molar-refractivity contribution in [3.05, 3.63) is 71.3 Å². The quantitative estimate of drug-likeness (QED) is 0.787. The van der Waals surface area contributed by atoms with Crippen LogP contribution in [0.1, 0.15) is 58.4 Å². The summed E-state index contributed by atoms with van der Waals surface area (Å²) in [5.41, 5.74) is 1.46. The molecule has 2 amide bonds. The highest BCUT2D eigenvalue weighted by Crippen LogP contribution is 2.24. The molecule has 6 heteroatoms. The van der Waals surface area contributed by atoms with Crippen LogP contribution < -0.4 is 5.32 Å². The predicted octanol–water partition coefficient (Wildman–Crippen LogP) is 3.30. The molecule has 0 aliphatic carbocycles. The molecule has 1 atom stereocenters. The molecule has 1 fully saturated rings. The fraction of sp³-hybridized carbons (Fsp3) is 0.348. The minimum atomic E-state index is -1.06. The first-order valence-electron chi connectivity index (χ1n) is 9.97. The number of carboxylic acid groups (broad SMARTS) is 1. The van der Waals surface area contributed by atoms with Crippen molar-refractivity contribution >= 4 is 17.8 Å². The number of nitrogens with zero attached hydrogens (tertiary/aromatic N) is 1. The van der Waals surface area contributed by atoms with E-state index in [9.17, 15) is 14.4 Å². The summed E-state index contributed by atoms with van der Waals surface area (Å²) in [6.07, 6.45) is 2.11. The molecule has 0 bridgehead atoms. The van der Waals surface area contributed by atoms with Crippen LogP contribution in [0.4, 0.5) is 0 Å². The van der Waals surface area contributed by atoms with Gasteiger partial charge in [0, 0.05) is 24.7 Å². The number of aromatic carboxylic acids is 1. The monoisotopic (exact) mass is 394 g/mol. The summed E-state index contributed by atoms with van der Waals surface area (Å²) < 4.78 is 0. The number of carbonyl (C=O) groups is 3. The van der Waals surface area contributed by atoms with Crippen LogP contribution >= 0.6 is 0 Å². The Morgan fingerprint density at radius 2 is 1.69 bits per heavy atom. The van der Waals surface area contributed by atoms with Gasteiger partial charge in [-0.3, -0.25) is 9.59 Å². The molecule has 1 unspecified atom stereocenters. The molecule has 152 valence electrons. The highest BCUT2D eigenvalue weighted by Gasteiger charge is 2.29. The zero-order valence-electron chi connectivity index (χ0n) is 16.5. The topological polar surface area (TPSA) is 86.7 Å². The number of likely N-dealkylation sites (tertiary alicyclic amines) is 1. The Kier molecular flexibility index (Phi) is 6.65. The number of carboxylic acids is 1. The third-order valence-electron chi connectivity index (χ3n) is 5.42. The van der Waals surface area contributed by atoms with Crippen molar-refractivity contribution in [2.24, 2.45) is 0 Å². The molecular formula is C23H26N2O4. The van der Waals surface area contributed by atoms with Gasteiger partial charge >= 0.3 is 5.97 Å². The molecule has 0 saturated carbocycles. The largest absolute Gasteiger partial charge is 0.478 e. The minimum Gasteiger partial charge on any atom is -0.478 e. The lowest BCUT2D eigenvalue weighted by atomic mass is 9.93. The Balaban J connectivity index is 1.56. The fourth-order valence-electron chi connectivity index (χ4n) is 3.77. The summed E-state index contributed by atoms with van der Waals surface area (Å²) in [6.45, 7) is 3.22. The number of amides is 2. The second-order valence-electron chi connectivity index (χ2n) is 7.33. The first-order chi connectivity index (χ1) is 14.0. The molecule has 0 spiro atoms. The van der Waals surface area contributed by atoms with E-state index in [1.165, 1.54) is 12.1 Å². The van der Waals surface area contributed by atoms with Crippen molar-refractivity contribution in [1.29, 1.82) is 0 Å². The second-order valence-corrected chi connectivity index (χ2v) is 7.33. The maximum Gasteiger partial charge on any atom is 0.335 e. The Bertz CT molecular complexity index is 873. The van der Waals surface area contributed by atoms with Crippen LogP contribution in [0.15, 0.2) is 54.6 Å². The highest BCUT2D eigenvalue weighted by atomic mass is 16.4. The van der Waals surface area contributed by atoms with Gasteiger partial charge in [-0.25, -0.2) is 4.79 Å². The summed E-state index contributed by atoms with van der Waals surface area (Å²) in [4.78, 5) is 38.4. The molecule has 29 heavy (non-hydrogen) atoms. The number of hydrogen-bond acceptors (Lipinski definition) is 3. The fourth-order valence-corrected chi connectivity index (χ4v) is 3.77. The Labute approximate surface area is 170 Å². The van der Waals surface area contributed by atoms with Crippen LogP contribution in [-0.4, -0.2) is 46.9 Å². The standard InChI is InChI=1S/C23H26N2O4/c1-2-20(16-7-4-3-5-8-16)22(27)25-13-11-19(12-14-25)24-21(26)17-9-6-10-18(15-17)23(28)29/h3-10,15,19-20H,2,11-14H2,1H3,(H,24,26)(H,28,29). The van der Waals surface area contributed by atoms with Gasteiger partial charge in [0.25, 0.3) is 5.91 Å². The first-order valence-corrected chi connectivity index (χ1v) is 9.97. The molecule has 1 saturated heterocycles. The molecule has 1 heterocycles. The summed E-state index contributed by atoms with van der Waals surface area (Å²) in [5, 5.41) is 12.0. The summed E-state index contributed by atoms with van der Waals surface area (Å²) in [5.74, 6) is -1.34. The zero-order chi connectivity index (χ0) is 20.8. The van der Waals surface area contributed by atoms with Crippen molar-refractivity contribution in [1.82, 2.24) is 10.2 Å². The Morgan fingerprint density at radius 3 is 2.31 bits per heavy atom. The lowest BCUT2D eigenvalue weighted by Crippen LogP contribution is -2.47. The van der Waals surface area contributed by atoms with Crippen LogP contribution in [0.2, 0.25) is 0 Å². The summed E-state index contributed by atoms with van der Waals surface area (Å²) in [6, 6.07) is 15.8. The van der Waals surface area contributed by atoms with E-state index in [-0.39, 0.29) is 29.3 Å². The Hall–Kier alpha value is -3.15. The third kappa shape index (κ3) is 5.02. The Morgan fingerprint density at radius 1 is 1.03 bits per heavy atom. The zero-order valence-corrected chi connectivity index (χ0v) is 16.5. The minimum absolute atomic E-state index is 0.0307. The van der Waals surface area contributed by atoms with E-state index in [2.05, 4.69) is 5.32 Å². The van der Waals surface area contributed by atoms with E-state index >= 15 is 0 Å². The molecule has 2 N–H and O–H groups in total. The van der Waals surface area contributed by atoms with Crippen LogP contribution in [0, 0.1) is 0 Å². The van der Waals surface area contributed by atoms with Crippen molar-refractivity contribution in [3.8, 4) is 0 Å². The van der Waals surface area contributed by atoms with Gasteiger partial charge in [0.15, 0.2) is 0 Å². The van der Waals surface area contributed by atoms with E-state index in [1.807, 2.05) is 42.2 Å². The van der Waals surface area contributed by atoms with Gasteiger partial charge in [-0.15, -0.1) is 0 Å². The van der Waals surface area contributed by atoms with Gasteiger partial charge in [0.1, 0.15) is 0 Å². The van der Waals surface area contributed by atoms with E-state index in [0.29, 0.717) is 31.5 Å². The van der Waals surface area contributed by atoms with Gasteiger partial charge < -0.3 is 15.3 Å². The highest BCUT2D eigenvalue weighted by molar-refractivity contribution is 5.97. The number of hydrogen-bond donors (Lipinski definition) is 2. The number of piperidine rings is 1. The lowest BCUT2D eigenvalue weighted by Gasteiger charge is -2.34. The maximum atomic E-state index is 13.0. The second kappa shape index (κ2) is 9.37. The molecule has 0 aromatic heterocycles. The number of benzene rings is 2. The number of carbonyl (C=O) groups excluding carboxylic acids is 2. The van der Waals surface area contributed by atoms with Gasteiger partial charge in [0.05, 0.1) is 11.5 Å². The normalized spacial score (nSPS) is 15.6. The van der Waals surface area contributed by atoms with Crippen molar-refractivity contribution in [3.63, 3.8) is 0 Å². The molecule has 2 aromatic rings.